The minimum atomic E-state index is -1.82. The molecule has 2 aromatic carbocycles. The topological polar surface area (TPSA) is 129 Å². The van der Waals surface area contributed by atoms with Crippen molar-refractivity contribution in [3.05, 3.63) is 96.2 Å². The number of carboxylic acid groups (broad SMARTS) is 2. The molecule has 2 N–H and O–H groups in total. The molecule has 196 valence electrons. The molecular formula is C28H28N4O6. The van der Waals surface area contributed by atoms with Gasteiger partial charge in [-0.15, -0.1) is 0 Å². The van der Waals surface area contributed by atoms with Gasteiger partial charge in [0.25, 0.3) is 0 Å². The highest BCUT2D eigenvalue weighted by molar-refractivity contribution is 6.27. The Balaban J connectivity index is 0.000000505. The summed E-state index contributed by atoms with van der Waals surface area (Å²) in [6.07, 6.45) is 4.92. The van der Waals surface area contributed by atoms with Crippen LogP contribution in [0.25, 0.3) is 17.1 Å². The van der Waals surface area contributed by atoms with Crippen LogP contribution in [0.2, 0.25) is 0 Å². The zero-order valence-corrected chi connectivity index (χ0v) is 20.6. The van der Waals surface area contributed by atoms with Gasteiger partial charge in [0.15, 0.2) is 0 Å². The number of rotatable bonds is 6. The second-order valence-corrected chi connectivity index (χ2v) is 8.65. The van der Waals surface area contributed by atoms with E-state index in [1.807, 2.05) is 29.2 Å². The van der Waals surface area contributed by atoms with Gasteiger partial charge in [0, 0.05) is 38.8 Å². The van der Waals surface area contributed by atoms with E-state index in [0.29, 0.717) is 18.8 Å². The molecule has 10 nitrogen and oxygen atoms in total. The fourth-order valence-corrected chi connectivity index (χ4v) is 4.16. The third-order valence-electron chi connectivity index (χ3n) is 6.08. The smallest absolute Gasteiger partial charge is 0.414 e. The van der Waals surface area contributed by atoms with Crippen molar-refractivity contribution in [3.8, 4) is 0 Å². The van der Waals surface area contributed by atoms with Crippen molar-refractivity contribution in [1.82, 2.24) is 19.4 Å². The SMILES string of the molecule is O=C(/C=C/c1ccco1)N1CCN(Cc2nc3ccccc3n2Cc2ccccc2)CC1.O=C(O)C(=O)O. The van der Waals surface area contributed by atoms with Crippen LogP contribution in [0.1, 0.15) is 17.1 Å². The van der Waals surface area contributed by atoms with E-state index in [1.165, 1.54) is 5.56 Å². The van der Waals surface area contributed by atoms with Crippen LogP contribution in [0, 0.1) is 0 Å². The zero-order valence-electron chi connectivity index (χ0n) is 20.6. The van der Waals surface area contributed by atoms with Crippen LogP contribution in [-0.4, -0.2) is 73.6 Å². The molecule has 1 aliphatic heterocycles. The number of hydrogen-bond donors (Lipinski definition) is 2. The molecule has 38 heavy (non-hydrogen) atoms. The molecule has 0 aliphatic carbocycles. The summed E-state index contributed by atoms with van der Waals surface area (Å²) in [7, 11) is 0. The van der Waals surface area contributed by atoms with E-state index in [4.69, 9.17) is 29.2 Å². The number of aromatic nitrogens is 2. The Bertz CT molecular complexity index is 1390. The third-order valence-corrected chi connectivity index (χ3v) is 6.08. The molecule has 10 heteroatoms. The Hall–Kier alpha value is -4.70. The number of amides is 1. The van der Waals surface area contributed by atoms with Crippen molar-refractivity contribution in [1.29, 1.82) is 0 Å². The van der Waals surface area contributed by atoms with E-state index >= 15 is 0 Å². The molecule has 0 saturated carbocycles. The van der Waals surface area contributed by atoms with Gasteiger partial charge >= 0.3 is 11.9 Å². The Morgan fingerprint density at radius 2 is 1.53 bits per heavy atom. The number of para-hydroxylation sites is 2. The second kappa shape index (κ2) is 12.5. The second-order valence-electron chi connectivity index (χ2n) is 8.65. The molecule has 0 bridgehead atoms. The number of fused-ring (bicyclic) bond motifs is 1. The van der Waals surface area contributed by atoms with Gasteiger partial charge in [0.1, 0.15) is 11.6 Å². The van der Waals surface area contributed by atoms with E-state index in [2.05, 4.69) is 51.9 Å². The van der Waals surface area contributed by atoms with Crippen molar-refractivity contribution >= 4 is 35.0 Å². The maximum absolute atomic E-state index is 12.5. The number of nitrogens with zero attached hydrogens (tertiary/aromatic N) is 4. The van der Waals surface area contributed by atoms with E-state index in [9.17, 15) is 4.79 Å². The Labute approximate surface area is 219 Å². The lowest BCUT2D eigenvalue weighted by molar-refractivity contribution is -0.159. The summed E-state index contributed by atoms with van der Waals surface area (Å²) in [4.78, 5) is 39.9. The molecule has 0 atom stereocenters. The number of hydrogen-bond acceptors (Lipinski definition) is 6. The lowest BCUT2D eigenvalue weighted by atomic mass is 10.2. The molecule has 5 rings (SSSR count). The predicted octanol–water partition coefficient (Wildman–Crippen LogP) is 3.19. The quantitative estimate of drug-likeness (QED) is 0.295. The number of aliphatic carboxylic acids is 2. The molecular weight excluding hydrogens is 488 g/mol. The molecule has 4 aromatic rings. The standard InChI is InChI=1S/C26H26N4O2.C2H2O4/c31-26(13-12-22-9-6-18-32-22)29-16-14-28(15-17-29)20-25-27-23-10-4-5-11-24(23)30(25)19-21-7-2-1-3-8-21;3-1(4)2(5)6/h1-13,18H,14-17,19-20H2;(H,3,4)(H,5,6)/b13-12+;. The lowest BCUT2D eigenvalue weighted by Gasteiger charge is -2.34. The highest BCUT2D eigenvalue weighted by Gasteiger charge is 2.22. The maximum Gasteiger partial charge on any atom is 0.414 e. The van der Waals surface area contributed by atoms with Gasteiger partial charge in [0.2, 0.25) is 5.91 Å². The summed E-state index contributed by atoms with van der Waals surface area (Å²) in [5.41, 5.74) is 3.44. The van der Waals surface area contributed by atoms with Crippen LogP contribution in [0.5, 0.6) is 0 Å². The minimum Gasteiger partial charge on any atom is -0.473 e. The van der Waals surface area contributed by atoms with Gasteiger partial charge in [-0.2, -0.15) is 0 Å². The molecule has 2 aromatic heterocycles. The highest BCUT2D eigenvalue weighted by Crippen LogP contribution is 2.20. The zero-order chi connectivity index (χ0) is 26.9. The Morgan fingerprint density at radius 3 is 2.18 bits per heavy atom. The first kappa shape index (κ1) is 26.4. The van der Waals surface area contributed by atoms with Gasteiger partial charge in [-0.05, 0) is 35.9 Å². The van der Waals surface area contributed by atoms with Crippen LogP contribution in [0.3, 0.4) is 0 Å². The predicted molar refractivity (Wildman–Crippen MR) is 140 cm³/mol. The van der Waals surface area contributed by atoms with Crippen molar-refractivity contribution in [3.63, 3.8) is 0 Å². The van der Waals surface area contributed by atoms with Crippen LogP contribution in [-0.2, 0) is 27.5 Å². The maximum atomic E-state index is 12.5. The average Bonchev–Trinajstić information content (AvgIpc) is 3.57. The first-order chi connectivity index (χ1) is 18.4. The van der Waals surface area contributed by atoms with Crippen molar-refractivity contribution in [2.45, 2.75) is 13.1 Å². The molecule has 3 heterocycles. The largest absolute Gasteiger partial charge is 0.473 e. The van der Waals surface area contributed by atoms with Gasteiger partial charge in [-0.1, -0.05) is 42.5 Å². The van der Waals surface area contributed by atoms with E-state index < -0.39 is 11.9 Å². The fourth-order valence-electron chi connectivity index (χ4n) is 4.16. The summed E-state index contributed by atoms with van der Waals surface area (Å²) in [5.74, 6) is -1.87. The number of imidazole rings is 1. The normalized spacial score (nSPS) is 13.8. The van der Waals surface area contributed by atoms with Crippen LogP contribution in [0.15, 0.2) is 83.5 Å². The molecule has 0 spiro atoms. The molecule has 0 radical (unpaired) electrons. The van der Waals surface area contributed by atoms with Crippen molar-refractivity contribution in [2.75, 3.05) is 26.2 Å². The van der Waals surface area contributed by atoms with Crippen molar-refractivity contribution in [2.24, 2.45) is 0 Å². The van der Waals surface area contributed by atoms with Crippen molar-refractivity contribution < 1.29 is 29.0 Å². The van der Waals surface area contributed by atoms with E-state index in [-0.39, 0.29) is 5.91 Å². The molecule has 0 unspecified atom stereocenters. The van der Waals surface area contributed by atoms with E-state index in [0.717, 1.165) is 43.0 Å². The number of benzene rings is 2. The Morgan fingerprint density at radius 1 is 0.842 bits per heavy atom. The van der Waals surface area contributed by atoms with E-state index in [1.54, 1.807) is 18.4 Å². The van der Waals surface area contributed by atoms with Gasteiger partial charge in [-0.3, -0.25) is 9.69 Å². The van der Waals surface area contributed by atoms with Gasteiger partial charge in [-0.25, -0.2) is 14.6 Å². The summed E-state index contributed by atoms with van der Waals surface area (Å²) < 4.78 is 7.57. The van der Waals surface area contributed by atoms with Gasteiger partial charge in [0.05, 0.1) is 23.8 Å². The monoisotopic (exact) mass is 516 g/mol. The Kier molecular flexibility index (Phi) is 8.68. The summed E-state index contributed by atoms with van der Waals surface area (Å²) in [6.45, 7) is 4.64. The minimum absolute atomic E-state index is 0.0253. The molecule has 1 amide bonds. The molecule has 1 fully saturated rings. The number of furan rings is 1. The van der Waals surface area contributed by atoms with Crippen LogP contribution >= 0.6 is 0 Å². The molecule has 1 aliphatic rings. The summed E-state index contributed by atoms with van der Waals surface area (Å²) in [5, 5.41) is 14.8. The number of carboxylic acids is 2. The summed E-state index contributed by atoms with van der Waals surface area (Å²) in [6, 6.07) is 22.5. The third kappa shape index (κ3) is 6.95. The number of carbonyl (C=O) groups is 3. The number of piperazine rings is 1. The lowest BCUT2D eigenvalue weighted by Crippen LogP contribution is -2.48. The van der Waals surface area contributed by atoms with Crippen LogP contribution in [0.4, 0.5) is 0 Å². The van der Waals surface area contributed by atoms with Gasteiger partial charge < -0.3 is 24.1 Å². The number of carbonyl (C=O) groups excluding carboxylic acids is 1. The first-order valence-electron chi connectivity index (χ1n) is 12.1. The fraction of sp³-hybridized carbons (Fsp3) is 0.214. The average molecular weight is 517 g/mol. The molecule has 1 saturated heterocycles. The summed E-state index contributed by atoms with van der Waals surface area (Å²) >= 11 is 0. The highest BCUT2D eigenvalue weighted by atomic mass is 16.4. The first-order valence-corrected chi connectivity index (χ1v) is 12.1. The van der Waals surface area contributed by atoms with Crippen LogP contribution < -0.4 is 0 Å².